The number of H-pyrrole nitrogens is 1. The van der Waals surface area contributed by atoms with Gasteiger partial charge in [0.15, 0.2) is 0 Å². The Morgan fingerprint density at radius 3 is 3.00 bits per heavy atom. The predicted octanol–water partition coefficient (Wildman–Crippen LogP) is 2.62. The summed E-state index contributed by atoms with van der Waals surface area (Å²) in [6.07, 6.45) is 5.85. The zero-order chi connectivity index (χ0) is 18.7. The van der Waals surface area contributed by atoms with Crippen molar-refractivity contribution in [3.8, 4) is 6.07 Å². The summed E-state index contributed by atoms with van der Waals surface area (Å²) in [4.78, 5) is 23.6. The Hall–Kier alpha value is -3.34. The number of carbonyl (C=O) groups excluding carboxylic acids is 1. The Bertz CT molecular complexity index is 1010. The minimum Gasteiger partial charge on any atom is -0.346 e. The molecule has 0 fully saturated rings. The number of aromatic amines is 1. The van der Waals surface area contributed by atoms with E-state index < -0.39 is 5.41 Å². The quantitative estimate of drug-likeness (QED) is 0.634. The normalized spacial score (nSPS) is 11.4. The number of imidazole rings is 1. The summed E-state index contributed by atoms with van der Waals surface area (Å²) in [5.41, 5.74) is 2.76. The van der Waals surface area contributed by atoms with Crippen molar-refractivity contribution in [2.45, 2.75) is 20.3 Å². The number of hydrogen-bond donors (Lipinski definition) is 3. The SMILES string of the molecule is C=C(CCNC(=O)NCC(C)(C)C#N)n1cnc2cnc3[nH]ccc3c21. The number of rotatable bonds is 6. The van der Waals surface area contributed by atoms with E-state index in [0.29, 0.717) is 19.5 Å². The highest BCUT2D eigenvalue weighted by Crippen LogP contribution is 2.24. The monoisotopic (exact) mass is 351 g/mol. The first-order valence-corrected chi connectivity index (χ1v) is 8.31. The van der Waals surface area contributed by atoms with E-state index in [0.717, 1.165) is 27.8 Å². The lowest BCUT2D eigenvalue weighted by Crippen LogP contribution is -2.40. The molecule has 0 saturated carbocycles. The van der Waals surface area contributed by atoms with Crippen molar-refractivity contribution in [1.29, 1.82) is 5.26 Å². The molecule has 8 nitrogen and oxygen atoms in total. The van der Waals surface area contributed by atoms with Crippen LogP contribution in [-0.2, 0) is 0 Å². The highest BCUT2D eigenvalue weighted by molar-refractivity contribution is 6.02. The fourth-order valence-corrected chi connectivity index (χ4v) is 2.59. The molecule has 3 N–H and O–H groups in total. The van der Waals surface area contributed by atoms with E-state index in [4.69, 9.17) is 5.26 Å². The number of urea groups is 1. The molecule has 0 aliphatic heterocycles. The largest absolute Gasteiger partial charge is 0.346 e. The lowest BCUT2D eigenvalue weighted by molar-refractivity contribution is 0.238. The van der Waals surface area contributed by atoms with Crippen LogP contribution >= 0.6 is 0 Å². The number of amides is 2. The number of fused-ring (bicyclic) bond motifs is 3. The second kappa shape index (κ2) is 6.88. The molecule has 8 heteroatoms. The van der Waals surface area contributed by atoms with Gasteiger partial charge >= 0.3 is 6.03 Å². The molecule has 3 heterocycles. The Morgan fingerprint density at radius 1 is 1.42 bits per heavy atom. The first kappa shape index (κ1) is 17.5. The van der Waals surface area contributed by atoms with E-state index in [1.807, 2.05) is 16.8 Å². The number of carbonyl (C=O) groups is 1. The Kier molecular flexibility index (Phi) is 4.63. The maximum Gasteiger partial charge on any atom is 0.314 e. The van der Waals surface area contributed by atoms with Gasteiger partial charge in [0.05, 0.1) is 23.2 Å². The molecule has 0 unspecified atom stereocenters. The van der Waals surface area contributed by atoms with Crippen LogP contribution < -0.4 is 10.6 Å². The zero-order valence-corrected chi connectivity index (χ0v) is 14.8. The molecule has 0 bridgehead atoms. The molecule has 3 aromatic heterocycles. The smallest absolute Gasteiger partial charge is 0.314 e. The summed E-state index contributed by atoms with van der Waals surface area (Å²) < 4.78 is 1.92. The van der Waals surface area contributed by atoms with Crippen LogP contribution in [0.1, 0.15) is 20.3 Å². The molecule has 0 atom stereocenters. The van der Waals surface area contributed by atoms with Gasteiger partial charge in [-0.1, -0.05) is 6.58 Å². The molecule has 134 valence electrons. The third kappa shape index (κ3) is 3.52. The van der Waals surface area contributed by atoms with Gasteiger partial charge in [0, 0.05) is 36.8 Å². The standard InChI is InChI=1S/C18H21N7O/c1-12(4-6-21-17(26)23-10-18(2,3)9-19)25-11-24-14-8-22-16-13(15(14)25)5-7-20-16/h5,7-8,11H,1,4,6,10H2,2-3H3,(H,20,22)(H2,21,23,26). The van der Waals surface area contributed by atoms with E-state index in [1.165, 1.54) is 0 Å². The molecular weight excluding hydrogens is 330 g/mol. The maximum absolute atomic E-state index is 11.8. The minimum absolute atomic E-state index is 0.293. The number of nitrogens with zero attached hydrogens (tertiary/aromatic N) is 4. The van der Waals surface area contributed by atoms with Gasteiger partial charge < -0.3 is 20.2 Å². The van der Waals surface area contributed by atoms with Gasteiger partial charge in [-0.15, -0.1) is 0 Å². The van der Waals surface area contributed by atoms with E-state index in [-0.39, 0.29) is 6.03 Å². The number of pyridine rings is 1. The number of nitriles is 1. The Morgan fingerprint density at radius 2 is 2.23 bits per heavy atom. The van der Waals surface area contributed by atoms with Gasteiger partial charge in [-0.05, 0) is 19.9 Å². The molecule has 3 aromatic rings. The van der Waals surface area contributed by atoms with Crippen LogP contribution in [0, 0.1) is 16.7 Å². The van der Waals surface area contributed by atoms with Crippen LogP contribution in [-0.4, -0.2) is 38.6 Å². The number of nitrogens with one attached hydrogen (secondary N) is 3. The summed E-state index contributed by atoms with van der Waals surface area (Å²) in [7, 11) is 0. The summed E-state index contributed by atoms with van der Waals surface area (Å²) in [6, 6.07) is 3.80. The summed E-state index contributed by atoms with van der Waals surface area (Å²) in [5.74, 6) is 0. The first-order valence-electron chi connectivity index (χ1n) is 8.31. The second-order valence-corrected chi connectivity index (χ2v) is 6.77. The van der Waals surface area contributed by atoms with Crippen molar-refractivity contribution in [1.82, 2.24) is 30.2 Å². The summed E-state index contributed by atoms with van der Waals surface area (Å²) >= 11 is 0. The molecule has 3 rings (SSSR count). The third-order valence-electron chi connectivity index (χ3n) is 4.13. The van der Waals surface area contributed by atoms with Gasteiger partial charge in [0.25, 0.3) is 0 Å². The van der Waals surface area contributed by atoms with Crippen molar-refractivity contribution in [2.75, 3.05) is 13.1 Å². The number of hydrogen-bond acceptors (Lipinski definition) is 4. The average molecular weight is 351 g/mol. The van der Waals surface area contributed by atoms with Crippen LogP contribution in [0.25, 0.3) is 27.8 Å². The van der Waals surface area contributed by atoms with E-state index in [9.17, 15) is 4.79 Å². The second-order valence-electron chi connectivity index (χ2n) is 6.77. The third-order valence-corrected chi connectivity index (χ3v) is 4.13. The predicted molar refractivity (Wildman–Crippen MR) is 100 cm³/mol. The van der Waals surface area contributed by atoms with Gasteiger partial charge in [0.1, 0.15) is 17.5 Å². The van der Waals surface area contributed by atoms with E-state index in [2.05, 4.69) is 38.2 Å². The number of aromatic nitrogens is 4. The van der Waals surface area contributed by atoms with Crippen LogP contribution in [0.4, 0.5) is 4.79 Å². The molecule has 0 spiro atoms. The van der Waals surface area contributed by atoms with Crippen molar-refractivity contribution < 1.29 is 4.79 Å². The van der Waals surface area contributed by atoms with Gasteiger partial charge in [0.2, 0.25) is 0 Å². The van der Waals surface area contributed by atoms with Crippen LogP contribution in [0.3, 0.4) is 0 Å². The van der Waals surface area contributed by atoms with Gasteiger partial charge in [-0.2, -0.15) is 5.26 Å². The molecule has 0 saturated heterocycles. The van der Waals surface area contributed by atoms with E-state index >= 15 is 0 Å². The average Bonchev–Trinajstić information content (AvgIpc) is 3.25. The summed E-state index contributed by atoms with van der Waals surface area (Å²) in [5, 5.41) is 15.4. The first-order chi connectivity index (χ1) is 12.4. The fourth-order valence-electron chi connectivity index (χ4n) is 2.59. The molecule has 0 radical (unpaired) electrons. The topological polar surface area (TPSA) is 111 Å². The van der Waals surface area contributed by atoms with Crippen molar-refractivity contribution in [2.24, 2.45) is 5.41 Å². The minimum atomic E-state index is -0.591. The van der Waals surface area contributed by atoms with Crippen molar-refractivity contribution in [3.05, 3.63) is 31.4 Å². The van der Waals surface area contributed by atoms with Crippen LogP contribution in [0.2, 0.25) is 0 Å². The zero-order valence-electron chi connectivity index (χ0n) is 14.8. The highest BCUT2D eigenvalue weighted by Gasteiger charge is 2.17. The lowest BCUT2D eigenvalue weighted by atomic mass is 9.96. The van der Waals surface area contributed by atoms with Crippen LogP contribution in [0.5, 0.6) is 0 Å². The summed E-state index contributed by atoms with van der Waals surface area (Å²) in [6.45, 7) is 8.38. The molecule has 0 aliphatic rings. The maximum atomic E-state index is 11.8. The van der Waals surface area contributed by atoms with Gasteiger partial charge in [-0.3, -0.25) is 0 Å². The Labute approximate surface area is 150 Å². The van der Waals surface area contributed by atoms with Crippen molar-refractivity contribution >= 4 is 33.8 Å². The molecule has 0 aliphatic carbocycles. The van der Waals surface area contributed by atoms with E-state index in [1.54, 1.807) is 26.4 Å². The van der Waals surface area contributed by atoms with Crippen LogP contribution in [0.15, 0.2) is 31.4 Å². The highest BCUT2D eigenvalue weighted by atomic mass is 16.2. The Balaban J connectivity index is 1.61. The lowest BCUT2D eigenvalue weighted by Gasteiger charge is -2.16. The van der Waals surface area contributed by atoms with Gasteiger partial charge in [-0.25, -0.2) is 14.8 Å². The van der Waals surface area contributed by atoms with Crippen molar-refractivity contribution in [3.63, 3.8) is 0 Å². The molecule has 26 heavy (non-hydrogen) atoms. The molecular formula is C18H21N7O. The molecule has 2 amide bonds. The fraction of sp³-hybridized carbons (Fsp3) is 0.333. The molecule has 0 aromatic carbocycles.